The summed E-state index contributed by atoms with van der Waals surface area (Å²) in [4.78, 5) is 24.0. The summed E-state index contributed by atoms with van der Waals surface area (Å²) in [6.07, 6.45) is 0. The highest BCUT2D eigenvalue weighted by atomic mass is 35.5. The maximum absolute atomic E-state index is 12.6. The largest absolute Gasteiger partial charge is 0.482 e. The van der Waals surface area contributed by atoms with Gasteiger partial charge in [-0.1, -0.05) is 37.6 Å². The van der Waals surface area contributed by atoms with Crippen LogP contribution in [0.25, 0.3) is 0 Å². The number of esters is 1. The van der Waals surface area contributed by atoms with Gasteiger partial charge in [0.25, 0.3) is 5.91 Å². The molecule has 2 rings (SSSR count). The van der Waals surface area contributed by atoms with E-state index in [2.05, 4.69) is 10.1 Å². The van der Waals surface area contributed by atoms with Crippen LogP contribution in [0.2, 0.25) is 5.02 Å². The topological polar surface area (TPSA) is 102 Å². The number of hydrogen-bond acceptors (Lipinski definition) is 6. The normalized spacial score (nSPS) is 11.2. The maximum atomic E-state index is 12.6. The van der Waals surface area contributed by atoms with Crippen LogP contribution in [-0.4, -0.2) is 51.4 Å². The summed E-state index contributed by atoms with van der Waals surface area (Å²) in [6, 6.07) is 10.4. The molecule has 0 unspecified atom stereocenters. The molecule has 0 saturated carbocycles. The standard InChI is InChI=1S/C20H23ClN2O6S/c1-4-23(5-2)30(26,27)14-10-11-18(16(21)12-14)29-13-19(24)22-17-9-7-6-8-15(17)20(25)28-3/h6-12H,4-5,13H2,1-3H3,(H,22,24). The Bertz CT molecular complexity index is 1020. The second-order valence-electron chi connectivity index (χ2n) is 6.06. The Labute approximate surface area is 180 Å². The summed E-state index contributed by atoms with van der Waals surface area (Å²) >= 11 is 6.15. The van der Waals surface area contributed by atoms with E-state index in [9.17, 15) is 18.0 Å². The minimum Gasteiger partial charge on any atom is -0.482 e. The van der Waals surface area contributed by atoms with E-state index in [-0.39, 0.29) is 26.9 Å². The van der Waals surface area contributed by atoms with Crippen molar-refractivity contribution in [3.63, 3.8) is 0 Å². The Kier molecular flexibility index (Phi) is 8.22. The van der Waals surface area contributed by atoms with E-state index in [1.807, 2.05) is 0 Å². The summed E-state index contributed by atoms with van der Waals surface area (Å²) in [7, 11) is -2.41. The van der Waals surface area contributed by atoms with Gasteiger partial charge in [0.2, 0.25) is 10.0 Å². The van der Waals surface area contributed by atoms with Gasteiger partial charge in [-0.25, -0.2) is 13.2 Å². The molecule has 0 fully saturated rings. The summed E-state index contributed by atoms with van der Waals surface area (Å²) in [5.41, 5.74) is 0.488. The number of nitrogens with one attached hydrogen (secondary N) is 1. The monoisotopic (exact) mass is 454 g/mol. The molecule has 30 heavy (non-hydrogen) atoms. The summed E-state index contributed by atoms with van der Waals surface area (Å²) < 4.78 is 36.5. The number of hydrogen-bond donors (Lipinski definition) is 1. The lowest BCUT2D eigenvalue weighted by Crippen LogP contribution is -2.30. The zero-order valence-electron chi connectivity index (χ0n) is 16.8. The van der Waals surface area contributed by atoms with Gasteiger partial charge in [-0.05, 0) is 30.3 Å². The molecule has 162 valence electrons. The number of amides is 1. The van der Waals surface area contributed by atoms with Crippen LogP contribution in [0.5, 0.6) is 5.75 Å². The molecule has 8 nitrogen and oxygen atoms in total. The number of carbonyl (C=O) groups excluding carboxylic acids is 2. The van der Waals surface area contributed by atoms with Crippen molar-refractivity contribution in [3.05, 3.63) is 53.1 Å². The molecule has 2 aromatic rings. The number of halogens is 1. The zero-order chi connectivity index (χ0) is 22.3. The first-order valence-corrected chi connectivity index (χ1v) is 11.0. The number of methoxy groups -OCH3 is 1. The molecule has 0 bridgehead atoms. The van der Waals surface area contributed by atoms with Crippen LogP contribution in [0.4, 0.5) is 5.69 Å². The quantitative estimate of drug-likeness (QED) is 0.584. The molecule has 0 spiro atoms. The van der Waals surface area contributed by atoms with Crippen molar-refractivity contribution >= 4 is 39.2 Å². The van der Waals surface area contributed by atoms with Crippen molar-refractivity contribution in [2.75, 3.05) is 32.1 Å². The predicted octanol–water partition coefficient (Wildman–Crippen LogP) is 3.17. The molecule has 0 aliphatic heterocycles. The Hall–Kier alpha value is -2.62. The molecule has 2 aromatic carbocycles. The van der Waals surface area contributed by atoms with Gasteiger partial charge in [-0.15, -0.1) is 0 Å². The molecule has 0 atom stereocenters. The molecular weight excluding hydrogens is 432 g/mol. The molecule has 0 aliphatic carbocycles. The van der Waals surface area contributed by atoms with Gasteiger partial charge < -0.3 is 14.8 Å². The van der Waals surface area contributed by atoms with E-state index in [1.54, 1.807) is 32.0 Å². The zero-order valence-corrected chi connectivity index (χ0v) is 18.4. The highest BCUT2D eigenvalue weighted by Crippen LogP contribution is 2.29. The average molecular weight is 455 g/mol. The third-order valence-electron chi connectivity index (χ3n) is 4.21. The van der Waals surface area contributed by atoms with Crippen molar-refractivity contribution in [2.45, 2.75) is 18.7 Å². The van der Waals surface area contributed by atoms with E-state index in [4.69, 9.17) is 16.3 Å². The molecule has 0 radical (unpaired) electrons. The molecule has 1 N–H and O–H groups in total. The van der Waals surface area contributed by atoms with E-state index in [1.165, 1.54) is 35.7 Å². The molecule has 0 aromatic heterocycles. The molecule has 0 saturated heterocycles. The van der Waals surface area contributed by atoms with E-state index in [0.717, 1.165) is 0 Å². The summed E-state index contributed by atoms with van der Waals surface area (Å²) in [5, 5.41) is 2.63. The molecule has 0 heterocycles. The molecule has 10 heteroatoms. The fraction of sp³-hybridized carbons (Fsp3) is 0.300. The van der Waals surface area contributed by atoms with Gasteiger partial charge in [0, 0.05) is 13.1 Å². The fourth-order valence-corrected chi connectivity index (χ4v) is 4.47. The van der Waals surface area contributed by atoms with Crippen molar-refractivity contribution in [1.29, 1.82) is 0 Å². The second kappa shape index (κ2) is 10.4. The lowest BCUT2D eigenvalue weighted by molar-refractivity contribution is -0.118. The highest BCUT2D eigenvalue weighted by Gasteiger charge is 2.23. The first-order chi connectivity index (χ1) is 14.2. The lowest BCUT2D eigenvalue weighted by atomic mass is 10.2. The highest BCUT2D eigenvalue weighted by molar-refractivity contribution is 7.89. The van der Waals surface area contributed by atoms with Gasteiger partial charge >= 0.3 is 5.97 Å². The third-order valence-corrected chi connectivity index (χ3v) is 6.55. The smallest absolute Gasteiger partial charge is 0.339 e. The van der Waals surface area contributed by atoms with Crippen molar-refractivity contribution in [3.8, 4) is 5.75 Å². The summed E-state index contributed by atoms with van der Waals surface area (Å²) in [5.74, 6) is -0.950. The van der Waals surface area contributed by atoms with Gasteiger partial charge in [0.15, 0.2) is 6.61 Å². The summed E-state index contributed by atoms with van der Waals surface area (Å²) in [6.45, 7) is 3.77. The first-order valence-electron chi connectivity index (χ1n) is 9.14. The van der Waals surface area contributed by atoms with E-state index < -0.39 is 28.5 Å². The van der Waals surface area contributed by atoms with Gasteiger partial charge in [-0.2, -0.15) is 4.31 Å². The van der Waals surface area contributed by atoms with Crippen LogP contribution in [0.1, 0.15) is 24.2 Å². The number of sulfonamides is 1. The van der Waals surface area contributed by atoms with E-state index in [0.29, 0.717) is 13.1 Å². The van der Waals surface area contributed by atoms with Crippen LogP contribution >= 0.6 is 11.6 Å². The van der Waals surface area contributed by atoms with Gasteiger partial charge in [0.05, 0.1) is 28.3 Å². The van der Waals surface area contributed by atoms with Crippen LogP contribution in [0, 0.1) is 0 Å². The predicted molar refractivity (Wildman–Crippen MR) is 113 cm³/mol. The number of anilines is 1. The van der Waals surface area contributed by atoms with Gasteiger partial charge in [0.1, 0.15) is 5.75 Å². The number of ether oxygens (including phenoxy) is 2. The van der Waals surface area contributed by atoms with Crippen LogP contribution in [0.3, 0.4) is 0 Å². The SMILES string of the molecule is CCN(CC)S(=O)(=O)c1ccc(OCC(=O)Nc2ccccc2C(=O)OC)c(Cl)c1. The Morgan fingerprint density at radius 3 is 2.37 bits per heavy atom. The van der Waals surface area contributed by atoms with E-state index >= 15 is 0 Å². The van der Waals surface area contributed by atoms with Crippen LogP contribution < -0.4 is 10.1 Å². The first kappa shape index (κ1) is 23.7. The number of benzene rings is 2. The minimum absolute atomic E-state index is 0.0417. The van der Waals surface area contributed by atoms with Gasteiger partial charge in [-0.3, -0.25) is 4.79 Å². The average Bonchev–Trinajstić information content (AvgIpc) is 2.73. The molecule has 1 amide bonds. The van der Waals surface area contributed by atoms with Crippen molar-refractivity contribution in [1.82, 2.24) is 4.31 Å². The van der Waals surface area contributed by atoms with Crippen LogP contribution in [-0.2, 0) is 19.6 Å². The van der Waals surface area contributed by atoms with Crippen molar-refractivity contribution < 1.29 is 27.5 Å². The second-order valence-corrected chi connectivity index (χ2v) is 8.40. The van der Waals surface area contributed by atoms with Crippen molar-refractivity contribution in [2.24, 2.45) is 0 Å². The third kappa shape index (κ3) is 5.50. The maximum Gasteiger partial charge on any atom is 0.339 e. The number of nitrogens with zero attached hydrogens (tertiary/aromatic N) is 1. The molecular formula is C20H23ClN2O6S. The Morgan fingerprint density at radius 1 is 1.10 bits per heavy atom. The number of rotatable bonds is 9. The Balaban J connectivity index is 2.08. The van der Waals surface area contributed by atoms with Crippen LogP contribution in [0.15, 0.2) is 47.4 Å². The number of para-hydroxylation sites is 1. The lowest BCUT2D eigenvalue weighted by Gasteiger charge is -2.19. The Morgan fingerprint density at radius 2 is 1.77 bits per heavy atom. The minimum atomic E-state index is -3.66. The number of carbonyl (C=O) groups is 2. The fourth-order valence-electron chi connectivity index (χ4n) is 2.68. The molecule has 0 aliphatic rings.